The van der Waals surface area contributed by atoms with Crippen LogP contribution in [-0.4, -0.2) is 21.4 Å². The molecule has 0 radical (unpaired) electrons. The van der Waals surface area contributed by atoms with Gasteiger partial charge in [-0.05, 0) is 24.8 Å². The number of hydrogen-bond donors (Lipinski definition) is 1. The number of anilines is 1. The Morgan fingerprint density at radius 1 is 1.56 bits per heavy atom. The fourth-order valence-electron chi connectivity index (χ4n) is 1.33. The van der Waals surface area contributed by atoms with Crippen LogP contribution in [0, 0.1) is 6.92 Å². The molecule has 0 bridgehead atoms. The SMILES string of the molecule is CCC(Sc1cccs1)C(=O)Nc1nnc(C)s1. The normalized spacial score (nSPS) is 12.3. The lowest BCUT2D eigenvalue weighted by Gasteiger charge is -2.11. The lowest BCUT2D eigenvalue weighted by molar-refractivity contribution is -0.115. The van der Waals surface area contributed by atoms with E-state index in [-0.39, 0.29) is 11.2 Å². The van der Waals surface area contributed by atoms with Crippen molar-refractivity contribution in [2.75, 3.05) is 5.32 Å². The van der Waals surface area contributed by atoms with Gasteiger partial charge in [0.25, 0.3) is 0 Å². The Hall–Kier alpha value is -0.920. The first-order chi connectivity index (χ1) is 8.69. The first-order valence-corrected chi connectivity index (χ1v) is 8.07. The fraction of sp³-hybridized carbons (Fsp3) is 0.364. The van der Waals surface area contributed by atoms with Crippen LogP contribution >= 0.6 is 34.4 Å². The molecule has 0 saturated carbocycles. The molecular weight excluding hydrogens is 286 g/mol. The van der Waals surface area contributed by atoms with Crippen LogP contribution in [0.1, 0.15) is 18.4 Å². The third-order valence-electron chi connectivity index (χ3n) is 2.17. The van der Waals surface area contributed by atoms with Gasteiger partial charge < -0.3 is 0 Å². The summed E-state index contributed by atoms with van der Waals surface area (Å²) in [4.78, 5) is 12.1. The molecular formula is C11H13N3OS3. The van der Waals surface area contributed by atoms with Gasteiger partial charge >= 0.3 is 0 Å². The van der Waals surface area contributed by atoms with Crippen LogP contribution in [0.3, 0.4) is 0 Å². The molecule has 1 amide bonds. The van der Waals surface area contributed by atoms with E-state index in [1.54, 1.807) is 23.1 Å². The number of nitrogens with one attached hydrogen (secondary N) is 1. The molecule has 96 valence electrons. The van der Waals surface area contributed by atoms with Crippen LogP contribution in [0.5, 0.6) is 0 Å². The second kappa shape index (κ2) is 6.31. The zero-order valence-electron chi connectivity index (χ0n) is 10.0. The van der Waals surface area contributed by atoms with Crippen LogP contribution in [0.15, 0.2) is 21.7 Å². The van der Waals surface area contributed by atoms with Crippen molar-refractivity contribution in [1.29, 1.82) is 0 Å². The van der Waals surface area contributed by atoms with Crippen LogP contribution in [-0.2, 0) is 4.79 Å². The van der Waals surface area contributed by atoms with Crippen molar-refractivity contribution in [3.63, 3.8) is 0 Å². The number of carbonyl (C=O) groups excluding carboxylic acids is 1. The number of aryl methyl sites for hydroxylation is 1. The number of aromatic nitrogens is 2. The number of carbonyl (C=O) groups is 1. The Balaban J connectivity index is 1.97. The number of amides is 1. The summed E-state index contributed by atoms with van der Waals surface area (Å²) in [7, 11) is 0. The fourth-order valence-corrected chi connectivity index (χ4v) is 3.88. The molecule has 0 aliphatic carbocycles. The predicted octanol–water partition coefficient (Wildman–Crippen LogP) is 3.42. The van der Waals surface area contributed by atoms with Crippen molar-refractivity contribution in [3.05, 3.63) is 22.5 Å². The third kappa shape index (κ3) is 3.54. The maximum absolute atomic E-state index is 12.1. The van der Waals surface area contributed by atoms with Gasteiger partial charge in [0.05, 0.1) is 9.46 Å². The van der Waals surface area contributed by atoms with E-state index in [9.17, 15) is 4.79 Å². The highest BCUT2D eigenvalue weighted by Crippen LogP contribution is 2.30. The minimum Gasteiger partial charge on any atom is -0.300 e. The van der Waals surface area contributed by atoms with Gasteiger partial charge in [0.15, 0.2) is 0 Å². The van der Waals surface area contributed by atoms with Gasteiger partial charge in [0, 0.05) is 0 Å². The maximum Gasteiger partial charge on any atom is 0.239 e. The summed E-state index contributed by atoms with van der Waals surface area (Å²) in [6.07, 6.45) is 0.784. The van der Waals surface area contributed by atoms with E-state index in [0.29, 0.717) is 5.13 Å². The minimum absolute atomic E-state index is 0.00736. The Kier molecular flexibility index (Phi) is 4.73. The Morgan fingerprint density at radius 2 is 2.39 bits per heavy atom. The zero-order chi connectivity index (χ0) is 13.0. The number of rotatable bonds is 5. The standard InChI is InChI=1S/C11H13N3OS3/c1-3-8(18-9-5-4-6-16-9)10(15)12-11-14-13-7(2)17-11/h4-6,8H,3H2,1-2H3,(H,12,14,15). The summed E-state index contributed by atoms with van der Waals surface area (Å²) in [6.45, 7) is 3.88. The van der Waals surface area contributed by atoms with E-state index in [2.05, 4.69) is 15.5 Å². The second-order valence-corrected chi connectivity index (χ2v) is 7.19. The summed E-state index contributed by atoms with van der Waals surface area (Å²) in [6, 6.07) is 4.02. The largest absolute Gasteiger partial charge is 0.300 e. The molecule has 1 unspecified atom stereocenters. The molecule has 0 fully saturated rings. The number of thiophene rings is 1. The highest BCUT2D eigenvalue weighted by molar-refractivity contribution is 8.02. The Morgan fingerprint density at radius 3 is 2.94 bits per heavy atom. The summed E-state index contributed by atoms with van der Waals surface area (Å²) in [5.41, 5.74) is 0. The van der Waals surface area contributed by atoms with E-state index in [1.807, 2.05) is 31.4 Å². The molecule has 2 heterocycles. The van der Waals surface area contributed by atoms with E-state index in [0.717, 1.165) is 15.6 Å². The Labute approximate surface area is 118 Å². The quantitative estimate of drug-likeness (QED) is 0.860. The van der Waals surface area contributed by atoms with E-state index in [4.69, 9.17) is 0 Å². The topological polar surface area (TPSA) is 54.9 Å². The molecule has 1 N–H and O–H groups in total. The molecule has 1 atom stereocenters. The molecule has 7 heteroatoms. The number of hydrogen-bond acceptors (Lipinski definition) is 6. The van der Waals surface area contributed by atoms with Crippen LogP contribution < -0.4 is 5.32 Å². The van der Waals surface area contributed by atoms with Crippen molar-refractivity contribution in [2.24, 2.45) is 0 Å². The van der Waals surface area contributed by atoms with Crippen molar-refractivity contribution in [2.45, 2.75) is 29.7 Å². The summed E-state index contributed by atoms with van der Waals surface area (Å²) in [5, 5.41) is 13.9. The smallest absolute Gasteiger partial charge is 0.239 e. The highest BCUT2D eigenvalue weighted by atomic mass is 32.2. The average Bonchev–Trinajstić information content (AvgIpc) is 2.97. The number of nitrogens with zero attached hydrogens (tertiary/aromatic N) is 2. The monoisotopic (exact) mass is 299 g/mol. The molecule has 0 spiro atoms. The van der Waals surface area contributed by atoms with Gasteiger partial charge in [-0.3, -0.25) is 10.1 Å². The first-order valence-electron chi connectivity index (χ1n) is 5.50. The van der Waals surface area contributed by atoms with E-state index in [1.165, 1.54) is 11.3 Å². The molecule has 2 aromatic rings. The second-order valence-electron chi connectivity index (χ2n) is 3.56. The lowest BCUT2D eigenvalue weighted by Crippen LogP contribution is -2.24. The van der Waals surface area contributed by atoms with Crippen molar-refractivity contribution < 1.29 is 4.79 Å². The molecule has 4 nitrogen and oxygen atoms in total. The average molecular weight is 299 g/mol. The predicted molar refractivity (Wildman–Crippen MR) is 77.5 cm³/mol. The highest BCUT2D eigenvalue weighted by Gasteiger charge is 2.19. The molecule has 2 aromatic heterocycles. The van der Waals surface area contributed by atoms with E-state index >= 15 is 0 Å². The van der Waals surface area contributed by atoms with Gasteiger partial charge in [-0.2, -0.15) is 0 Å². The summed E-state index contributed by atoms with van der Waals surface area (Å²) < 4.78 is 1.16. The van der Waals surface area contributed by atoms with Crippen LogP contribution in [0.25, 0.3) is 0 Å². The molecule has 0 saturated heterocycles. The molecule has 0 aliphatic rings. The molecule has 0 aliphatic heterocycles. The van der Waals surface area contributed by atoms with Gasteiger partial charge in [-0.25, -0.2) is 0 Å². The minimum atomic E-state index is -0.0899. The van der Waals surface area contributed by atoms with Crippen molar-refractivity contribution >= 4 is 45.5 Å². The van der Waals surface area contributed by atoms with E-state index < -0.39 is 0 Å². The Bertz CT molecular complexity index is 509. The number of thioether (sulfide) groups is 1. The molecule has 0 aromatic carbocycles. The van der Waals surface area contributed by atoms with Crippen molar-refractivity contribution in [1.82, 2.24) is 10.2 Å². The lowest BCUT2D eigenvalue weighted by atomic mass is 10.3. The molecule has 18 heavy (non-hydrogen) atoms. The van der Waals surface area contributed by atoms with Crippen LogP contribution in [0.4, 0.5) is 5.13 Å². The van der Waals surface area contributed by atoms with Crippen molar-refractivity contribution in [3.8, 4) is 0 Å². The first kappa shape index (κ1) is 13.5. The van der Waals surface area contributed by atoms with Gasteiger partial charge in [-0.1, -0.05) is 24.3 Å². The summed E-state index contributed by atoms with van der Waals surface area (Å²) in [5.74, 6) is -0.00736. The molecule has 2 rings (SSSR count). The van der Waals surface area contributed by atoms with Gasteiger partial charge in [0.2, 0.25) is 11.0 Å². The maximum atomic E-state index is 12.1. The third-order valence-corrected chi connectivity index (χ3v) is 5.37. The van der Waals surface area contributed by atoms with Gasteiger partial charge in [-0.15, -0.1) is 33.3 Å². The summed E-state index contributed by atoms with van der Waals surface area (Å²) >= 11 is 4.64. The zero-order valence-corrected chi connectivity index (χ0v) is 12.5. The van der Waals surface area contributed by atoms with Crippen LogP contribution in [0.2, 0.25) is 0 Å². The van der Waals surface area contributed by atoms with Gasteiger partial charge in [0.1, 0.15) is 5.01 Å².